The molecular formula is C23H37IN4O2. The molecule has 1 unspecified atom stereocenters. The minimum atomic E-state index is 0. The number of nitrogens with one attached hydrogen (secondary N) is 2. The maximum Gasteiger partial charge on any atom is 0.191 e. The maximum atomic E-state index is 5.91. The first-order valence-electron chi connectivity index (χ1n) is 10.8. The van der Waals surface area contributed by atoms with E-state index in [4.69, 9.17) is 14.5 Å². The van der Waals surface area contributed by atoms with Gasteiger partial charge in [0.25, 0.3) is 0 Å². The van der Waals surface area contributed by atoms with Crippen LogP contribution in [0.25, 0.3) is 0 Å². The fraction of sp³-hybridized carbons (Fsp3) is 0.609. The van der Waals surface area contributed by atoms with Crippen molar-refractivity contribution >= 4 is 29.9 Å². The van der Waals surface area contributed by atoms with E-state index < -0.39 is 0 Å². The van der Waals surface area contributed by atoms with Gasteiger partial charge < -0.3 is 20.1 Å². The largest absolute Gasteiger partial charge is 0.496 e. The summed E-state index contributed by atoms with van der Waals surface area (Å²) >= 11 is 0. The van der Waals surface area contributed by atoms with Crippen LogP contribution < -0.4 is 20.1 Å². The first-order valence-corrected chi connectivity index (χ1v) is 10.8. The number of likely N-dealkylation sites (tertiary alicyclic amines) is 1. The molecule has 6 nitrogen and oxygen atoms in total. The Labute approximate surface area is 198 Å². The van der Waals surface area contributed by atoms with Gasteiger partial charge in [-0.1, -0.05) is 12.2 Å². The Hall–Kier alpha value is -1.48. The molecule has 1 atom stereocenters. The first kappa shape index (κ1) is 24.8. The third-order valence-corrected chi connectivity index (χ3v) is 5.47. The van der Waals surface area contributed by atoms with Crippen molar-refractivity contribution in [1.82, 2.24) is 15.5 Å². The van der Waals surface area contributed by atoms with Crippen LogP contribution in [0.4, 0.5) is 0 Å². The second-order valence-electron chi connectivity index (χ2n) is 8.25. The van der Waals surface area contributed by atoms with Crippen molar-refractivity contribution < 1.29 is 9.47 Å². The van der Waals surface area contributed by atoms with E-state index >= 15 is 0 Å². The van der Waals surface area contributed by atoms with Crippen LogP contribution in [-0.4, -0.2) is 56.3 Å². The van der Waals surface area contributed by atoms with E-state index in [1.807, 2.05) is 0 Å². The summed E-state index contributed by atoms with van der Waals surface area (Å²) in [7, 11) is 1.72. The molecule has 2 N–H and O–H groups in total. The Balaban J connectivity index is 0.00000320. The average Bonchev–Trinajstić information content (AvgIpc) is 3.05. The number of methoxy groups -OCH3 is 1. The second-order valence-corrected chi connectivity index (χ2v) is 8.25. The molecule has 2 aliphatic heterocycles. The molecule has 1 aromatic rings. The Morgan fingerprint density at radius 1 is 1.33 bits per heavy atom. The third-order valence-electron chi connectivity index (χ3n) is 5.47. The summed E-state index contributed by atoms with van der Waals surface area (Å²) in [5, 5.41) is 7.00. The molecule has 2 aliphatic rings. The van der Waals surface area contributed by atoms with Gasteiger partial charge in [-0.3, -0.25) is 4.90 Å². The van der Waals surface area contributed by atoms with Gasteiger partial charge in [-0.05, 0) is 45.7 Å². The van der Waals surface area contributed by atoms with E-state index in [2.05, 4.69) is 55.0 Å². The summed E-state index contributed by atoms with van der Waals surface area (Å²) in [6.07, 6.45) is 3.39. The van der Waals surface area contributed by atoms with Gasteiger partial charge in [-0.2, -0.15) is 0 Å². The summed E-state index contributed by atoms with van der Waals surface area (Å²) < 4.78 is 11.5. The normalized spacial score (nSPS) is 19.5. The number of hydrogen-bond acceptors (Lipinski definition) is 4. The van der Waals surface area contributed by atoms with Gasteiger partial charge in [0, 0.05) is 49.8 Å². The summed E-state index contributed by atoms with van der Waals surface area (Å²) in [6.45, 7) is 14.9. The lowest BCUT2D eigenvalue weighted by Gasteiger charge is -2.33. The van der Waals surface area contributed by atoms with Crippen molar-refractivity contribution in [2.45, 2.75) is 58.7 Å². The van der Waals surface area contributed by atoms with Crippen LogP contribution in [-0.2, 0) is 13.0 Å². The van der Waals surface area contributed by atoms with Crippen molar-refractivity contribution in [3.8, 4) is 11.5 Å². The van der Waals surface area contributed by atoms with Gasteiger partial charge in [0.2, 0.25) is 0 Å². The Morgan fingerprint density at radius 2 is 2.07 bits per heavy atom. The summed E-state index contributed by atoms with van der Waals surface area (Å²) in [5.74, 6) is 2.71. The molecule has 7 heteroatoms. The highest BCUT2D eigenvalue weighted by atomic mass is 127. The van der Waals surface area contributed by atoms with E-state index in [-0.39, 0.29) is 30.1 Å². The van der Waals surface area contributed by atoms with Gasteiger partial charge in [-0.15, -0.1) is 24.0 Å². The van der Waals surface area contributed by atoms with Crippen LogP contribution in [0.1, 0.15) is 44.7 Å². The number of guanidine groups is 1. The zero-order valence-electron chi connectivity index (χ0n) is 18.8. The fourth-order valence-corrected chi connectivity index (χ4v) is 4.09. The van der Waals surface area contributed by atoms with Gasteiger partial charge >= 0.3 is 0 Å². The van der Waals surface area contributed by atoms with Crippen molar-refractivity contribution in [2.24, 2.45) is 4.99 Å². The summed E-state index contributed by atoms with van der Waals surface area (Å²) in [4.78, 5) is 7.30. The van der Waals surface area contributed by atoms with E-state index in [0.29, 0.717) is 12.6 Å². The molecule has 0 aliphatic carbocycles. The smallest absolute Gasteiger partial charge is 0.191 e. The summed E-state index contributed by atoms with van der Waals surface area (Å²) in [5.41, 5.74) is 3.50. The monoisotopic (exact) mass is 528 g/mol. The zero-order chi connectivity index (χ0) is 20.8. The third kappa shape index (κ3) is 6.77. The molecule has 0 aromatic heterocycles. The molecular weight excluding hydrogens is 491 g/mol. The van der Waals surface area contributed by atoms with Crippen LogP contribution >= 0.6 is 24.0 Å². The molecule has 3 rings (SSSR count). The number of rotatable bonds is 7. The standard InChI is InChI=1S/C23H36N4O2.HI/c1-6-24-23(26-20-7-9-27(10-8-20)15-16(2)3)25-14-19-13-22-18(11-17(4)29-22)12-21(19)28-5;/h12-13,17,20H,2,6-11,14-15H2,1,3-5H3,(H2,24,25,26);1H. The number of halogens is 1. The van der Waals surface area contributed by atoms with E-state index in [0.717, 1.165) is 68.5 Å². The van der Waals surface area contributed by atoms with Gasteiger partial charge in [-0.25, -0.2) is 4.99 Å². The molecule has 0 bridgehead atoms. The molecule has 0 saturated carbocycles. The van der Waals surface area contributed by atoms with Gasteiger partial charge in [0.05, 0.1) is 13.7 Å². The molecule has 2 heterocycles. The van der Waals surface area contributed by atoms with Crippen LogP contribution in [0.15, 0.2) is 29.3 Å². The lowest BCUT2D eigenvalue weighted by molar-refractivity contribution is 0.221. The molecule has 1 aromatic carbocycles. The van der Waals surface area contributed by atoms with Crippen molar-refractivity contribution in [3.05, 3.63) is 35.4 Å². The molecule has 0 spiro atoms. The van der Waals surface area contributed by atoms with Crippen molar-refractivity contribution in [1.29, 1.82) is 0 Å². The molecule has 1 saturated heterocycles. The topological polar surface area (TPSA) is 58.1 Å². The molecule has 0 radical (unpaired) electrons. The average molecular weight is 528 g/mol. The van der Waals surface area contributed by atoms with E-state index in [9.17, 15) is 0 Å². The van der Waals surface area contributed by atoms with Crippen LogP contribution in [0.3, 0.4) is 0 Å². The predicted molar refractivity (Wildman–Crippen MR) is 134 cm³/mol. The number of aliphatic imine (C=N–C) groups is 1. The van der Waals surface area contributed by atoms with Crippen LogP contribution in [0.5, 0.6) is 11.5 Å². The minimum absolute atomic E-state index is 0. The van der Waals surface area contributed by atoms with Crippen molar-refractivity contribution in [2.75, 3.05) is 33.3 Å². The van der Waals surface area contributed by atoms with Gasteiger partial charge in [0.1, 0.15) is 17.6 Å². The Kier molecular flexibility index (Phi) is 9.74. The van der Waals surface area contributed by atoms with E-state index in [1.165, 1.54) is 11.1 Å². The summed E-state index contributed by atoms with van der Waals surface area (Å²) in [6, 6.07) is 4.63. The number of hydrogen-bond donors (Lipinski definition) is 2. The predicted octanol–water partition coefficient (Wildman–Crippen LogP) is 3.73. The van der Waals surface area contributed by atoms with Crippen molar-refractivity contribution in [3.63, 3.8) is 0 Å². The minimum Gasteiger partial charge on any atom is -0.496 e. The lowest BCUT2D eigenvalue weighted by Crippen LogP contribution is -2.48. The first-order chi connectivity index (χ1) is 14.0. The Bertz CT molecular complexity index is 745. The molecule has 1 fully saturated rings. The number of ether oxygens (including phenoxy) is 2. The highest BCUT2D eigenvalue weighted by molar-refractivity contribution is 14.0. The zero-order valence-corrected chi connectivity index (χ0v) is 21.1. The molecule has 168 valence electrons. The fourth-order valence-electron chi connectivity index (χ4n) is 4.09. The van der Waals surface area contributed by atoms with Crippen LogP contribution in [0, 0.1) is 0 Å². The number of piperidine rings is 1. The Morgan fingerprint density at radius 3 is 2.70 bits per heavy atom. The van der Waals surface area contributed by atoms with Crippen LogP contribution in [0.2, 0.25) is 0 Å². The van der Waals surface area contributed by atoms with E-state index in [1.54, 1.807) is 7.11 Å². The second kappa shape index (κ2) is 11.8. The highest BCUT2D eigenvalue weighted by Crippen LogP contribution is 2.35. The number of fused-ring (bicyclic) bond motifs is 1. The molecule has 0 amide bonds. The highest BCUT2D eigenvalue weighted by Gasteiger charge is 2.22. The number of nitrogens with zero attached hydrogens (tertiary/aromatic N) is 2. The molecule has 30 heavy (non-hydrogen) atoms. The maximum absolute atomic E-state index is 5.91. The SMILES string of the molecule is C=C(C)CN1CCC(NC(=NCc2cc3c(cc2OC)CC(C)O3)NCC)CC1.I. The van der Waals surface area contributed by atoms with Gasteiger partial charge in [0.15, 0.2) is 5.96 Å². The lowest BCUT2D eigenvalue weighted by atomic mass is 10.0. The quantitative estimate of drug-likeness (QED) is 0.245. The number of benzene rings is 1.